The third-order valence-electron chi connectivity index (χ3n) is 3.41. The zero-order valence-corrected chi connectivity index (χ0v) is 12.6. The van der Waals surface area contributed by atoms with E-state index in [-0.39, 0.29) is 15.9 Å². The molecule has 1 N–H and O–H groups in total. The van der Waals surface area contributed by atoms with Gasteiger partial charge >= 0.3 is 0 Å². The summed E-state index contributed by atoms with van der Waals surface area (Å²) in [6.45, 7) is 2.15. The zero-order valence-electron chi connectivity index (χ0n) is 9.39. The van der Waals surface area contributed by atoms with Gasteiger partial charge in [0.1, 0.15) is 5.69 Å². The Balaban J connectivity index is 2.09. The Bertz CT molecular complexity index is 393. The minimum absolute atomic E-state index is 0.0923. The molecular weight excluding hydrogens is 358 g/mol. The molecule has 1 saturated carbocycles. The molecule has 0 amide bonds. The summed E-state index contributed by atoms with van der Waals surface area (Å²) in [5.74, 6) is 0.282. The van der Waals surface area contributed by atoms with Crippen molar-refractivity contribution in [1.82, 2.24) is 10.2 Å². The lowest BCUT2D eigenvalue weighted by Gasteiger charge is -2.37. The summed E-state index contributed by atoms with van der Waals surface area (Å²) >= 11 is 7.35. The molecule has 1 aromatic rings. The normalized spacial score (nSPS) is 34.2. The number of alkyl halides is 4. The van der Waals surface area contributed by atoms with Crippen LogP contribution in [0.5, 0.6) is 0 Å². The van der Waals surface area contributed by atoms with E-state index in [4.69, 9.17) is 0 Å². The number of aromatic nitrogens is 2. The van der Waals surface area contributed by atoms with Gasteiger partial charge < -0.3 is 0 Å². The Morgan fingerprint density at radius 1 is 1.59 bits per heavy atom. The van der Waals surface area contributed by atoms with E-state index >= 15 is 0 Å². The van der Waals surface area contributed by atoms with Crippen molar-refractivity contribution < 1.29 is 8.78 Å². The molecule has 0 aliphatic heterocycles. The SMILES string of the molecule is CC1(Br)CCC(c2cc(C(F)F)n[nH]2)CC1Br. The largest absolute Gasteiger partial charge is 0.282 e. The van der Waals surface area contributed by atoms with Crippen LogP contribution in [0.2, 0.25) is 0 Å². The molecule has 0 saturated heterocycles. The Hall–Kier alpha value is 0.0300. The first-order valence-corrected chi connectivity index (χ1v) is 7.27. The lowest BCUT2D eigenvalue weighted by molar-refractivity contribution is 0.146. The highest BCUT2D eigenvalue weighted by molar-refractivity contribution is 9.12. The smallest absolute Gasteiger partial charge is 0.282 e. The first-order chi connectivity index (χ1) is 7.90. The number of rotatable bonds is 2. The maximum absolute atomic E-state index is 12.4. The molecule has 3 unspecified atom stereocenters. The Morgan fingerprint density at radius 3 is 2.82 bits per heavy atom. The van der Waals surface area contributed by atoms with Crippen molar-refractivity contribution >= 4 is 31.9 Å². The molecule has 0 aromatic carbocycles. The highest BCUT2D eigenvalue weighted by Crippen LogP contribution is 2.45. The molecule has 1 aliphatic carbocycles. The van der Waals surface area contributed by atoms with Crippen LogP contribution in [0.3, 0.4) is 0 Å². The minimum atomic E-state index is -2.50. The number of aromatic amines is 1. The van der Waals surface area contributed by atoms with Crippen LogP contribution in [0.25, 0.3) is 0 Å². The van der Waals surface area contributed by atoms with E-state index in [1.165, 1.54) is 6.07 Å². The molecule has 6 heteroatoms. The summed E-state index contributed by atoms with van der Waals surface area (Å²) in [7, 11) is 0. The van der Waals surface area contributed by atoms with E-state index in [1.54, 1.807) is 0 Å². The highest BCUT2D eigenvalue weighted by atomic mass is 79.9. The molecular formula is C11H14Br2F2N2. The van der Waals surface area contributed by atoms with Crippen LogP contribution in [0, 0.1) is 0 Å². The zero-order chi connectivity index (χ0) is 12.6. The van der Waals surface area contributed by atoms with Gasteiger partial charge in [0.15, 0.2) is 0 Å². The molecule has 1 aromatic heterocycles. The number of nitrogens with zero attached hydrogens (tertiary/aromatic N) is 1. The fourth-order valence-electron chi connectivity index (χ4n) is 2.18. The lowest BCUT2D eigenvalue weighted by atomic mass is 9.81. The van der Waals surface area contributed by atoms with E-state index < -0.39 is 6.43 Å². The van der Waals surface area contributed by atoms with Gasteiger partial charge in [0.2, 0.25) is 0 Å². The molecule has 96 valence electrons. The molecule has 0 radical (unpaired) electrons. The molecule has 3 atom stereocenters. The summed E-state index contributed by atoms with van der Waals surface area (Å²) in [4.78, 5) is 0.340. The van der Waals surface area contributed by atoms with Crippen LogP contribution in [-0.4, -0.2) is 19.3 Å². The van der Waals surface area contributed by atoms with Gasteiger partial charge in [-0.2, -0.15) is 5.10 Å². The summed E-state index contributed by atoms with van der Waals surface area (Å²) in [5, 5.41) is 6.39. The van der Waals surface area contributed by atoms with Crippen molar-refractivity contribution in [3.8, 4) is 0 Å². The summed E-state index contributed by atoms with van der Waals surface area (Å²) in [5.41, 5.74) is 0.672. The minimum Gasteiger partial charge on any atom is -0.282 e. The molecule has 1 fully saturated rings. The number of H-pyrrole nitrogens is 1. The maximum Gasteiger partial charge on any atom is 0.282 e. The fraction of sp³-hybridized carbons (Fsp3) is 0.727. The molecule has 2 nitrogen and oxygen atoms in total. The number of hydrogen-bond donors (Lipinski definition) is 1. The lowest BCUT2D eigenvalue weighted by Crippen LogP contribution is -2.34. The van der Waals surface area contributed by atoms with Gasteiger partial charge in [0.05, 0.1) is 0 Å². The topological polar surface area (TPSA) is 28.7 Å². The fourth-order valence-corrected chi connectivity index (χ4v) is 3.28. The predicted octanol–water partition coefficient (Wildman–Crippen LogP) is 4.53. The van der Waals surface area contributed by atoms with Crippen molar-refractivity contribution in [2.45, 2.75) is 47.7 Å². The van der Waals surface area contributed by atoms with Crippen molar-refractivity contribution in [2.24, 2.45) is 0 Å². The molecule has 0 bridgehead atoms. The quantitative estimate of drug-likeness (QED) is 0.760. The van der Waals surface area contributed by atoms with Gasteiger partial charge in [-0.15, -0.1) is 0 Å². The van der Waals surface area contributed by atoms with E-state index in [2.05, 4.69) is 49.0 Å². The third-order valence-corrected chi connectivity index (χ3v) is 6.35. The Morgan fingerprint density at radius 2 is 2.29 bits per heavy atom. The van der Waals surface area contributed by atoms with Gasteiger partial charge in [-0.25, -0.2) is 8.78 Å². The summed E-state index contributed by atoms with van der Waals surface area (Å²) in [6, 6.07) is 1.49. The predicted molar refractivity (Wildman–Crippen MR) is 70.2 cm³/mol. The highest BCUT2D eigenvalue weighted by Gasteiger charge is 2.37. The molecule has 0 spiro atoms. The van der Waals surface area contributed by atoms with Crippen LogP contribution >= 0.6 is 31.9 Å². The van der Waals surface area contributed by atoms with Gasteiger partial charge in [-0.3, -0.25) is 5.10 Å². The van der Waals surface area contributed by atoms with Gasteiger partial charge in [-0.1, -0.05) is 31.9 Å². The maximum atomic E-state index is 12.4. The van der Waals surface area contributed by atoms with Crippen LogP contribution in [0.4, 0.5) is 8.78 Å². The molecule has 2 rings (SSSR count). The van der Waals surface area contributed by atoms with Crippen LogP contribution in [-0.2, 0) is 0 Å². The molecule has 1 aliphatic rings. The van der Waals surface area contributed by atoms with Crippen molar-refractivity contribution in [3.05, 3.63) is 17.5 Å². The first-order valence-electron chi connectivity index (χ1n) is 5.56. The third kappa shape index (κ3) is 2.89. The second-order valence-corrected chi connectivity index (χ2v) is 7.68. The standard InChI is InChI=1S/C11H14Br2F2N2/c1-11(13)3-2-6(4-9(11)12)7-5-8(10(14)15)17-16-7/h5-6,9-10H,2-4H2,1H3,(H,16,17). The number of nitrogens with one attached hydrogen (secondary N) is 1. The second-order valence-electron chi connectivity index (χ2n) is 4.77. The number of hydrogen-bond acceptors (Lipinski definition) is 1. The van der Waals surface area contributed by atoms with E-state index in [9.17, 15) is 8.78 Å². The number of halogens is 4. The summed E-state index contributed by atoms with van der Waals surface area (Å²) < 4.78 is 25.0. The molecule has 17 heavy (non-hydrogen) atoms. The van der Waals surface area contributed by atoms with Crippen LogP contribution < -0.4 is 0 Å². The van der Waals surface area contributed by atoms with E-state index in [0.29, 0.717) is 4.83 Å². The van der Waals surface area contributed by atoms with Crippen molar-refractivity contribution in [1.29, 1.82) is 0 Å². The second kappa shape index (κ2) is 4.96. The molecule has 1 heterocycles. The first kappa shape index (κ1) is 13.5. The van der Waals surface area contributed by atoms with Gasteiger partial charge in [-0.05, 0) is 32.3 Å². The Kier molecular flexibility index (Phi) is 3.92. The Labute approximate surface area is 116 Å². The van der Waals surface area contributed by atoms with Crippen LogP contribution in [0.15, 0.2) is 6.07 Å². The monoisotopic (exact) mass is 370 g/mol. The van der Waals surface area contributed by atoms with Gasteiger partial charge in [0, 0.05) is 20.8 Å². The van der Waals surface area contributed by atoms with E-state index in [0.717, 1.165) is 25.0 Å². The average Bonchev–Trinajstić information content (AvgIpc) is 2.71. The van der Waals surface area contributed by atoms with Crippen LogP contribution in [0.1, 0.15) is 49.9 Å². The van der Waals surface area contributed by atoms with Gasteiger partial charge in [0.25, 0.3) is 6.43 Å². The van der Waals surface area contributed by atoms with E-state index in [1.807, 2.05) is 0 Å². The van der Waals surface area contributed by atoms with Crippen molar-refractivity contribution in [3.63, 3.8) is 0 Å². The summed E-state index contributed by atoms with van der Waals surface area (Å²) in [6.07, 6.45) is 0.419. The average molecular weight is 372 g/mol. The van der Waals surface area contributed by atoms with Crippen molar-refractivity contribution in [2.75, 3.05) is 0 Å².